The molecule has 0 radical (unpaired) electrons. The third kappa shape index (κ3) is 4.00. The van der Waals surface area contributed by atoms with Gasteiger partial charge in [0.15, 0.2) is 0 Å². The maximum atomic E-state index is 12.0. The van der Waals surface area contributed by atoms with Crippen molar-refractivity contribution in [3.05, 3.63) is 0 Å². The summed E-state index contributed by atoms with van der Waals surface area (Å²) < 4.78 is 0. The van der Waals surface area contributed by atoms with Crippen molar-refractivity contribution in [2.75, 3.05) is 13.1 Å². The van der Waals surface area contributed by atoms with Crippen LogP contribution in [0.3, 0.4) is 0 Å². The third-order valence-electron chi connectivity index (χ3n) is 3.99. The van der Waals surface area contributed by atoms with Crippen LogP contribution in [-0.2, 0) is 9.59 Å². The minimum atomic E-state index is -0.0869. The molecular formula is C14H24N2O2. The van der Waals surface area contributed by atoms with Crippen molar-refractivity contribution in [3.8, 4) is 0 Å². The lowest BCUT2D eigenvalue weighted by molar-refractivity contribution is -0.136. The van der Waals surface area contributed by atoms with Gasteiger partial charge in [-0.3, -0.25) is 9.59 Å². The van der Waals surface area contributed by atoms with Crippen LogP contribution >= 0.6 is 0 Å². The normalized spacial score (nSPS) is 21.7. The first-order valence-corrected chi connectivity index (χ1v) is 7.33. The molecule has 18 heavy (non-hydrogen) atoms. The maximum absolute atomic E-state index is 12.0. The second-order valence-corrected chi connectivity index (χ2v) is 5.52. The molecular weight excluding hydrogens is 228 g/mol. The van der Waals surface area contributed by atoms with Gasteiger partial charge in [-0.15, -0.1) is 0 Å². The second kappa shape index (κ2) is 6.76. The summed E-state index contributed by atoms with van der Waals surface area (Å²) in [6.45, 7) is 1.66. The molecule has 2 amide bonds. The summed E-state index contributed by atoms with van der Waals surface area (Å²) >= 11 is 0. The molecule has 2 aliphatic rings. The molecule has 2 rings (SSSR count). The van der Waals surface area contributed by atoms with Crippen molar-refractivity contribution in [1.29, 1.82) is 0 Å². The van der Waals surface area contributed by atoms with E-state index in [9.17, 15) is 9.59 Å². The minimum absolute atomic E-state index is 0.00685. The van der Waals surface area contributed by atoms with E-state index in [0.29, 0.717) is 6.04 Å². The van der Waals surface area contributed by atoms with Gasteiger partial charge in [-0.1, -0.05) is 25.7 Å². The highest BCUT2D eigenvalue weighted by Gasteiger charge is 2.21. The summed E-state index contributed by atoms with van der Waals surface area (Å²) in [7, 11) is 0. The van der Waals surface area contributed by atoms with E-state index in [2.05, 4.69) is 5.32 Å². The van der Waals surface area contributed by atoms with Crippen LogP contribution in [0.15, 0.2) is 0 Å². The minimum Gasteiger partial charge on any atom is -0.353 e. The van der Waals surface area contributed by atoms with Crippen LogP contribution in [0.5, 0.6) is 0 Å². The summed E-state index contributed by atoms with van der Waals surface area (Å²) in [5.41, 5.74) is 0. The Labute approximate surface area is 109 Å². The highest BCUT2D eigenvalue weighted by molar-refractivity contribution is 5.97. The molecule has 102 valence electrons. The number of carbonyl (C=O) groups is 2. The van der Waals surface area contributed by atoms with Crippen molar-refractivity contribution < 1.29 is 9.59 Å². The van der Waals surface area contributed by atoms with E-state index in [0.717, 1.165) is 38.8 Å². The molecule has 4 nitrogen and oxygen atoms in total. The lowest BCUT2D eigenvalue weighted by Crippen LogP contribution is -2.39. The topological polar surface area (TPSA) is 49.4 Å². The number of nitrogens with zero attached hydrogens (tertiary/aromatic N) is 1. The average Bonchev–Trinajstić information content (AvgIpc) is 2.68. The Bertz CT molecular complexity index is 290. The summed E-state index contributed by atoms with van der Waals surface area (Å²) in [5.74, 6) is -0.0801. The lowest BCUT2D eigenvalue weighted by atomic mass is 10.2. The summed E-state index contributed by atoms with van der Waals surface area (Å²) in [4.78, 5) is 25.6. The van der Waals surface area contributed by atoms with E-state index in [4.69, 9.17) is 0 Å². The van der Waals surface area contributed by atoms with Crippen LogP contribution < -0.4 is 5.32 Å². The van der Waals surface area contributed by atoms with E-state index in [-0.39, 0.29) is 18.2 Å². The molecule has 0 aromatic rings. The van der Waals surface area contributed by atoms with Gasteiger partial charge in [-0.05, 0) is 25.7 Å². The quantitative estimate of drug-likeness (QED) is 0.779. The number of nitrogens with one attached hydrogen (secondary N) is 1. The zero-order valence-corrected chi connectivity index (χ0v) is 11.1. The molecule has 1 N–H and O–H groups in total. The summed E-state index contributed by atoms with van der Waals surface area (Å²) in [6, 6.07) is 0.314. The molecule has 1 saturated heterocycles. The van der Waals surface area contributed by atoms with Gasteiger partial charge in [0, 0.05) is 19.1 Å². The first-order valence-electron chi connectivity index (χ1n) is 7.33. The van der Waals surface area contributed by atoms with Crippen LogP contribution in [0, 0.1) is 0 Å². The van der Waals surface area contributed by atoms with Crippen LogP contribution in [0.2, 0.25) is 0 Å². The van der Waals surface area contributed by atoms with Gasteiger partial charge in [0.1, 0.15) is 6.42 Å². The van der Waals surface area contributed by atoms with Gasteiger partial charge in [0.2, 0.25) is 11.8 Å². The first kappa shape index (κ1) is 13.4. The highest BCUT2D eigenvalue weighted by atomic mass is 16.2. The van der Waals surface area contributed by atoms with E-state index >= 15 is 0 Å². The molecule has 0 bridgehead atoms. The highest BCUT2D eigenvalue weighted by Crippen LogP contribution is 2.17. The number of amides is 2. The third-order valence-corrected chi connectivity index (χ3v) is 3.99. The first-order chi connectivity index (χ1) is 8.75. The van der Waals surface area contributed by atoms with Crippen LogP contribution in [0.1, 0.15) is 57.8 Å². The molecule has 1 heterocycles. The molecule has 1 saturated carbocycles. The zero-order valence-electron chi connectivity index (χ0n) is 11.1. The molecule has 0 unspecified atom stereocenters. The van der Waals surface area contributed by atoms with Crippen molar-refractivity contribution in [3.63, 3.8) is 0 Å². The number of hydrogen-bond donors (Lipinski definition) is 1. The fraction of sp³-hybridized carbons (Fsp3) is 0.857. The largest absolute Gasteiger partial charge is 0.353 e. The molecule has 0 spiro atoms. The van der Waals surface area contributed by atoms with Gasteiger partial charge in [0.25, 0.3) is 0 Å². The zero-order chi connectivity index (χ0) is 12.8. The maximum Gasteiger partial charge on any atom is 0.232 e. The van der Waals surface area contributed by atoms with E-state index in [1.54, 1.807) is 0 Å². The number of rotatable bonds is 3. The summed E-state index contributed by atoms with van der Waals surface area (Å²) in [6.07, 6.45) is 9.15. The number of carbonyl (C=O) groups excluding carboxylic acids is 2. The molecule has 2 fully saturated rings. The molecule has 0 aromatic carbocycles. The Morgan fingerprint density at radius 1 is 0.944 bits per heavy atom. The Morgan fingerprint density at radius 2 is 1.56 bits per heavy atom. The Balaban J connectivity index is 1.73. The molecule has 0 aromatic heterocycles. The van der Waals surface area contributed by atoms with E-state index < -0.39 is 0 Å². The van der Waals surface area contributed by atoms with Crippen LogP contribution in [0.25, 0.3) is 0 Å². The number of hydrogen-bond acceptors (Lipinski definition) is 2. The van der Waals surface area contributed by atoms with Gasteiger partial charge < -0.3 is 10.2 Å². The van der Waals surface area contributed by atoms with Crippen molar-refractivity contribution in [1.82, 2.24) is 10.2 Å². The van der Waals surface area contributed by atoms with Gasteiger partial charge in [0.05, 0.1) is 0 Å². The Morgan fingerprint density at radius 3 is 2.17 bits per heavy atom. The van der Waals surface area contributed by atoms with Crippen LogP contribution in [-0.4, -0.2) is 35.8 Å². The van der Waals surface area contributed by atoms with Gasteiger partial charge >= 0.3 is 0 Å². The van der Waals surface area contributed by atoms with Gasteiger partial charge in [-0.2, -0.15) is 0 Å². The molecule has 0 atom stereocenters. The Hall–Kier alpha value is -1.06. The van der Waals surface area contributed by atoms with Crippen molar-refractivity contribution in [2.24, 2.45) is 0 Å². The van der Waals surface area contributed by atoms with Crippen molar-refractivity contribution in [2.45, 2.75) is 63.8 Å². The monoisotopic (exact) mass is 252 g/mol. The number of likely N-dealkylation sites (tertiary alicyclic amines) is 1. The predicted octanol–water partition coefficient (Wildman–Crippen LogP) is 1.84. The molecule has 4 heteroatoms. The lowest BCUT2D eigenvalue weighted by Gasteiger charge is -2.20. The smallest absolute Gasteiger partial charge is 0.232 e. The SMILES string of the molecule is O=C(CC(=O)N1CCCCCC1)NC1CCCC1. The standard InChI is InChI=1S/C14H24N2O2/c17-13(15-12-7-3-4-8-12)11-14(18)16-9-5-1-2-6-10-16/h12H,1-11H2,(H,15,17). The Kier molecular flexibility index (Phi) is 5.02. The molecule has 1 aliphatic heterocycles. The van der Waals surface area contributed by atoms with Gasteiger partial charge in [-0.25, -0.2) is 0 Å². The average molecular weight is 252 g/mol. The fourth-order valence-electron chi connectivity index (χ4n) is 2.92. The van der Waals surface area contributed by atoms with Crippen molar-refractivity contribution >= 4 is 11.8 Å². The predicted molar refractivity (Wildman–Crippen MR) is 70.1 cm³/mol. The fourth-order valence-corrected chi connectivity index (χ4v) is 2.92. The van der Waals surface area contributed by atoms with Crippen LogP contribution in [0.4, 0.5) is 0 Å². The second-order valence-electron chi connectivity index (χ2n) is 5.52. The summed E-state index contributed by atoms with van der Waals surface area (Å²) in [5, 5.41) is 2.98. The van der Waals surface area contributed by atoms with E-state index in [1.807, 2.05) is 4.90 Å². The van der Waals surface area contributed by atoms with E-state index in [1.165, 1.54) is 25.7 Å². The molecule has 1 aliphatic carbocycles.